The number of rotatable bonds is 13. The molecule has 1 unspecified atom stereocenters. The molecule has 212 valence electrons. The molecule has 1 atom stereocenters. The fourth-order valence-electron chi connectivity index (χ4n) is 4.08. The highest BCUT2D eigenvalue weighted by Gasteiger charge is 2.33. The quantitative estimate of drug-likeness (QED) is 0.236. The summed E-state index contributed by atoms with van der Waals surface area (Å²) in [5, 5.41) is 14.7. The Hall–Kier alpha value is -3.96. The highest BCUT2D eigenvalue weighted by Crippen LogP contribution is 2.24. The number of non-ortho nitro benzene ring substituents is 1. The van der Waals surface area contributed by atoms with Gasteiger partial charge >= 0.3 is 0 Å². The minimum absolute atomic E-state index is 0.000410. The molecule has 0 fully saturated rings. The second-order valence-corrected chi connectivity index (χ2v) is 11.5. The fraction of sp³-hybridized carbons (Fsp3) is 0.286. The maximum absolute atomic E-state index is 14.0. The lowest BCUT2D eigenvalue weighted by Gasteiger charge is -2.33. The van der Waals surface area contributed by atoms with Gasteiger partial charge in [-0.3, -0.25) is 24.0 Å². The van der Waals surface area contributed by atoms with E-state index in [1.54, 1.807) is 24.3 Å². The van der Waals surface area contributed by atoms with Gasteiger partial charge < -0.3 is 10.2 Å². The highest BCUT2D eigenvalue weighted by molar-refractivity contribution is 7.92. The molecule has 0 heterocycles. The van der Waals surface area contributed by atoms with Gasteiger partial charge in [-0.05, 0) is 35.7 Å². The van der Waals surface area contributed by atoms with Crippen LogP contribution in [-0.2, 0) is 32.6 Å². The van der Waals surface area contributed by atoms with Crippen molar-refractivity contribution in [2.24, 2.45) is 0 Å². The third-order valence-electron chi connectivity index (χ3n) is 6.09. The molecule has 0 saturated heterocycles. The van der Waals surface area contributed by atoms with Crippen LogP contribution in [0, 0.1) is 10.1 Å². The number of hydrogen-bond donors (Lipinski definition) is 1. The lowest BCUT2D eigenvalue weighted by molar-refractivity contribution is -0.384. The molecular formula is C28H31ClN4O6S. The molecule has 0 saturated carbocycles. The number of nitro groups is 1. The van der Waals surface area contributed by atoms with Gasteiger partial charge in [0, 0.05) is 36.7 Å². The molecule has 40 heavy (non-hydrogen) atoms. The van der Waals surface area contributed by atoms with Gasteiger partial charge in [0.05, 0.1) is 16.9 Å². The lowest BCUT2D eigenvalue weighted by Crippen LogP contribution is -2.53. The molecule has 12 heteroatoms. The number of nitro benzene ring substituents is 1. The maximum atomic E-state index is 14.0. The Morgan fingerprint density at radius 1 is 1.00 bits per heavy atom. The molecule has 0 aliphatic carbocycles. The molecule has 1 N–H and O–H groups in total. The molecule has 3 aromatic rings. The van der Waals surface area contributed by atoms with Crippen LogP contribution in [0.15, 0.2) is 78.9 Å². The largest absolute Gasteiger partial charge is 0.354 e. The van der Waals surface area contributed by atoms with E-state index in [9.17, 15) is 28.1 Å². The average molecular weight is 587 g/mol. The molecule has 3 rings (SSSR count). The van der Waals surface area contributed by atoms with E-state index in [-0.39, 0.29) is 30.2 Å². The highest BCUT2D eigenvalue weighted by atomic mass is 35.5. The summed E-state index contributed by atoms with van der Waals surface area (Å²) in [6, 6.07) is 20.0. The van der Waals surface area contributed by atoms with Crippen molar-refractivity contribution in [1.29, 1.82) is 0 Å². The zero-order valence-corrected chi connectivity index (χ0v) is 23.8. The topological polar surface area (TPSA) is 130 Å². The number of halogens is 1. The molecule has 0 aliphatic heterocycles. The summed E-state index contributed by atoms with van der Waals surface area (Å²) in [5.74, 6) is -1.03. The average Bonchev–Trinajstić information content (AvgIpc) is 2.93. The Morgan fingerprint density at radius 3 is 2.27 bits per heavy atom. The summed E-state index contributed by atoms with van der Waals surface area (Å²) < 4.78 is 26.4. The number of carbonyl (C=O) groups excluding carboxylic acids is 2. The second kappa shape index (κ2) is 13.9. The van der Waals surface area contributed by atoms with E-state index in [1.807, 2.05) is 37.3 Å². The van der Waals surface area contributed by atoms with Crippen molar-refractivity contribution in [3.05, 3.63) is 105 Å². The normalized spacial score (nSPS) is 11.9. The number of nitrogens with zero attached hydrogens (tertiary/aromatic N) is 3. The summed E-state index contributed by atoms with van der Waals surface area (Å²) in [6.07, 6.45) is 1.78. The molecule has 2 amide bonds. The number of benzene rings is 3. The van der Waals surface area contributed by atoms with E-state index >= 15 is 0 Å². The van der Waals surface area contributed by atoms with Gasteiger partial charge in [-0.25, -0.2) is 8.42 Å². The minimum atomic E-state index is -4.04. The van der Waals surface area contributed by atoms with Crippen LogP contribution in [-0.4, -0.2) is 55.4 Å². The summed E-state index contributed by atoms with van der Waals surface area (Å²) in [4.78, 5) is 39.4. The monoisotopic (exact) mass is 586 g/mol. The van der Waals surface area contributed by atoms with E-state index in [1.165, 1.54) is 23.1 Å². The van der Waals surface area contributed by atoms with Crippen molar-refractivity contribution < 1.29 is 22.9 Å². The Labute approximate surface area is 238 Å². The van der Waals surface area contributed by atoms with Gasteiger partial charge in [-0.15, -0.1) is 0 Å². The SMILES string of the molecule is CCCNC(=O)C(Cc1ccccc1)N(Cc1ccc(Cl)cc1)C(=O)CN(c1cccc([N+](=O)[O-])c1)S(C)(=O)=O. The van der Waals surface area contributed by atoms with Gasteiger partial charge in [-0.1, -0.05) is 67.1 Å². The van der Waals surface area contributed by atoms with Gasteiger partial charge in [0.15, 0.2) is 0 Å². The Bertz CT molecular complexity index is 1430. The molecule has 0 aliphatic rings. The van der Waals surface area contributed by atoms with Gasteiger partial charge in [0.2, 0.25) is 21.8 Å². The summed E-state index contributed by atoms with van der Waals surface area (Å²) in [6.45, 7) is 1.64. The zero-order chi connectivity index (χ0) is 29.3. The number of amides is 2. The minimum Gasteiger partial charge on any atom is -0.354 e. The predicted octanol–water partition coefficient (Wildman–Crippen LogP) is 4.18. The summed E-state index contributed by atoms with van der Waals surface area (Å²) in [7, 11) is -4.04. The Kier molecular flexibility index (Phi) is 10.6. The third-order valence-corrected chi connectivity index (χ3v) is 7.49. The van der Waals surface area contributed by atoms with Gasteiger partial charge in [0.25, 0.3) is 5.69 Å². The van der Waals surface area contributed by atoms with E-state index < -0.39 is 33.4 Å². The molecular weight excluding hydrogens is 556 g/mol. The first kappa shape index (κ1) is 30.6. The number of hydrogen-bond acceptors (Lipinski definition) is 6. The lowest BCUT2D eigenvalue weighted by atomic mass is 10.0. The van der Waals surface area contributed by atoms with E-state index in [0.717, 1.165) is 22.2 Å². The van der Waals surface area contributed by atoms with Gasteiger partial charge in [0.1, 0.15) is 12.6 Å². The third kappa shape index (κ3) is 8.52. The van der Waals surface area contributed by atoms with Crippen molar-refractivity contribution in [2.45, 2.75) is 32.4 Å². The van der Waals surface area contributed by atoms with Crippen LogP contribution in [0.2, 0.25) is 5.02 Å². The molecule has 0 aromatic heterocycles. The summed E-state index contributed by atoms with van der Waals surface area (Å²) in [5.41, 5.74) is 1.14. The number of anilines is 1. The van der Waals surface area contributed by atoms with Crippen LogP contribution in [0.1, 0.15) is 24.5 Å². The van der Waals surface area contributed by atoms with Crippen LogP contribution >= 0.6 is 11.6 Å². The number of nitrogens with one attached hydrogen (secondary N) is 1. The van der Waals surface area contributed by atoms with Crippen molar-refractivity contribution in [1.82, 2.24) is 10.2 Å². The molecule has 3 aromatic carbocycles. The fourth-order valence-corrected chi connectivity index (χ4v) is 5.05. The van der Waals surface area contributed by atoms with E-state index in [2.05, 4.69) is 5.32 Å². The Balaban J connectivity index is 2.05. The van der Waals surface area contributed by atoms with E-state index in [4.69, 9.17) is 11.6 Å². The smallest absolute Gasteiger partial charge is 0.271 e. The maximum Gasteiger partial charge on any atom is 0.271 e. The number of carbonyl (C=O) groups is 2. The first-order chi connectivity index (χ1) is 19.0. The van der Waals surface area contributed by atoms with Crippen LogP contribution in [0.5, 0.6) is 0 Å². The van der Waals surface area contributed by atoms with Crippen molar-refractivity contribution in [3.8, 4) is 0 Å². The molecule has 0 spiro atoms. The van der Waals surface area contributed by atoms with Gasteiger partial charge in [-0.2, -0.15) is 0 Å². The van der Waals surface area contributed by atoms with Crippen LogP contribution in [0.25, 0.3) is 0 Å². The predicted molar refractivity (Wildman–Crippen MR) is 155 cm³/mol. The first-order valence-corrected chi connectivity index (χ1v) is 14.8. The van der Waals surface area contributed by atoms with Crippen molar-refractivity contribution >= 4 is 44.8 Å². The van der Waals surface area contributed by atoms with Crippen molar-refractivity contribution in [2.75, 3.05) is 23.7 Å². The Morgan fingerprint density at radius 2 is 1.68 bits per heavy atom. The van der Waals surface area contributed by atoms with Crippen LogP contribution in [0.4, 0.5) is 11.4 Å². The first-order valence-electron chi connectivity index (χ1n) is 12.6. The molecule has 0 radical (unpaired) electrons. The standard InChI is InChI=1S/C28H31ClN4O6S/c1-3-16-30-28(35)26(17-21-8-5-4-6-9-21)31(19-22-12-14-23(29)15-13-22)27(34)20-32(40(2,38)39)24-10-7-11-25(18-24)33(36)37/h4-15,18,26H,3,16-17,19-20H2,1-2H3,(H,30,35). The zero-order valence-electron chi connectivity index (χ0n) is 22.2. The van der Waals surface area contributed by atoms with Crippen LogP contribution in [0.3, 0.4) is 0 Å². The van der Waals surface area contributed by atoms with E-state index in [0.29, 0.717) is 23.6 Å². The molecule has 10 nitrogen and oxygen atoms in total. The summed E-state index contributed by atoms with van der Waals surface area (Å²) >= 11 is 6.04. The number of sulfonamides is 1. The second-order valence-electron chi connectivity index (χ2n) is 9.19. The molecule has 0 bridgehead atoms. The van der Waals surface area contributed by atoms with Crippen LogP contribution < -0.4 is 9.62 Å². The van der Waals surface area contributed by atoms with Crippen molar-refractivity contribution in [3.63, 3.8) is 0 Å².